The largest absolute Gasteiger partial charge is 0.326 e. The first-order valence-corrected chi connectivity index (χ1v) is 5.80. The van der Waals surface area contributed by atoms with Gasteiger partial charge in [-0.3, -0.25) is 4.90 Å². The molecule has 1 atom stereocenters. The van der Waals surface area contributed by atoms with Gasteiger partial charge in [-0.2, -0.15) is 0 Å². The predicted molar refractivity (Wildman–Crippen MR) is 61.4 cm³/mol. The van der Waals surface area contributed by atoms with Gasteiger partial charge in [0.2, 0.25) is 0 Å². The van der Waals surface area contributed by atoms with Crippen molar-refractivity contribution in [3.63, 3.8) is 0 Å². The number of nitrogens with zero attached hydrogens (tertiary/aromatic N) is 1. The van der Waals surface area contributed by atoms with Gasteiger partial charge in [0.1, 0.15) is 0 Å². The van der Waals surface area contributed by atoms with Crippen LogP contribution < -0.4 is 5.73 Å². The molecule has 3 rings (SSSR count). The van der Waals surface area contributed by atoms with E-state index in [1.165, 1.54) is 24.9 Å². The van der Waals surface area contributed by atoms with Crippen LogP contribution in [-0.4, -0.2) is 24.0 Å². The van der Waals surface area contributed by atoms with Crippen LogP contribution in [-0.2, 0) is 6.54 Å². The van der Waals surface area contributed by atoms with Crippen molar-refractivity contribution in [3.8, 4) is 0 Å². The Kier molecular flexibility index (Phi) is 2.08. The molecule has 1 aliphatic heterocycles. The summed E-state index contributed by atoms with van der Waals surface area (Å²) >= 11 is 0. The van der Waals surface area contributed by atoms with Crippen molar-refractivity contribution < 1.29 is 0 Å². The summed E-state index contributed by atoms with van der Waals surface area (Å²) in [5.41, 5.74) is 8.09. The van der Waals surface area contributed by atoms with Crippen LogP contribution in [0.15, 0.2) is 30.3 Å². The number of rotatable bonds is 2. The van der Waals surface area contributed by atoms with E-state index in [4.69, 9.17) is 5.73 Å². The van der Waals surface area contributed by atoms with Crippen molar-refractivity contribution in [2.45, 2.75) is 25.4 Å². The lowest BCUT2D eigenvalue weighted by Gasteiger charge is -2.15. The van der Waals surface area contributed by atoms with Gasteiger partial charge in [0.25, 0.3) is 0 Å². The second-order valence-electron chi connectivity index (χ2n) is 5.12. The Morgan fingerprint density at radius 2 is 2.00 bits per heavy atom. The molecule has 0 aromatic heterocycles. The number of hydrogen-bond acceptors (Lipinski definition) is 2. The van der Waals surface area contributed by atoms with Gasteiger partial charge in [0.05, 0.1) is 0 Å². The number of nitrogens with two attached hydrogens (primary N) is 1. The molecule has 1 saturated heterocycles. The van der Waals surface area contributed by atoms with Gasteiger partial charge in [0, 0.05) is 25.7 Å². The van der Waals surface area contributed by atoms with Crippen LogP contribution in [0.25, 0.3) is 0 Å². The van der Waals surface area contributed by atoms with Crippen molar-refractivity contribution in [2.75, 3.05) is 13.1 Å². The maximum absolute atomic E-state index is 6.18. The fraction of sp³-hybridized carbons (Fsp3) is 0.538. The minimum absolute atomic E-state index is 0.418. The monoisotopic (exact) mass is 202 g/mol. The minimum atomic E-state index is 0.418. The lowest BCUT2D eigenvalue weighted by atomic mass is 10.0. The topological polar surface area (TPSA) is 29.3 Å². The molecule has 2 fully saturated rings. The summed E-state index contributed by atoms with van der Waals surface area (Å²) in [6.07, 6.45) is 2.69. The fourth-order valence-corrected chi connectivity index (χ4v) is 2.75. The van der Waals surface area contributed by atoms with Crippen LogP contribution in [0.2, 0.25) is 0 Å². The third kappa shape index (κ3) is 1.68. The summed E-state index contributed by atoms with van der Waals surface area (Å²) in [5, 5.41) is 0. The first kappa shape index (κ1) is 9.37. The molecule has 0 unspecified atom stereocenters. The average Bonchev–Trinajstić information content (AvgIpc) is 2.93. The van der Waals surface area contributed by atoms with Crippen LogP contribution in [0.5, 0.6) is 0 Å². The van der Waals surface area contributed by atoms with Gasteiger partial charge in [-0.15, -0.1) is 0 Å². The van der Waals surface area contributed by atoms with E-state index in [9.17, 15) is 0 Å². The van der Waals surface area contributed by atoms with Gasteiger partial charge in [0.15, 0.2) is 0 Å². The maximum atomic E-state index is 6.18. The molecule has 1 aliphatic carbocycles. The summed E-state index contributed by atoms with van der Waals surface area (Å²) < 4.78 is 0. The smallest absolute Gasteiger partial charge is 0.0237 e. The Morgan fingerprint density at radius 3 is 2.60 bits per heavy atom. The van der Waals surface area contributed by atoms with Gasteiger partial charge < -0.3 is 5.73 Å². The van der Waals surface area contributed by atoms with Gasteiger partial charge >= 0.3 is 0 Å². The molecule has 1 saturated carbocycles. The molecule has 15 heavy (non-hydrogen) atoms. The predicted octanol–water partition coefficient (Wildman–Crippen LogP) is 1.61. The lowest BCUT2D eigenvalue weighted by Crippen LogP contribution is -2.30. The van der Waals surface area contributed by atoms with E-state index < -0.39 is 0 Å². The lowest BCUT2D eigenvalue weighted by molar-refractivity contribution is 0.312. The summed E-state index contributed by atoms with van der Waals surface area (Å²) in [7, 11) is 0. The zero-order valence-corrected chi connectivity index (χ0v) is 9.02. The molecule has 2 nitrogen and oxygen atoms in total. The van der Waals surface area contributed by atoms with Crippen LogP contribution in [0.3, 0.4) is 0 Å². The molecule has 2 heteroatoms. The van der Waals surface area contributed by atoms with Crippen molar-refractivity contribution in [2.24, 2.45) is 11.1 Å². The summed E-state index contributed by atoms with van der Waals surface area (Å²) in [6.45, 7) is 3.36. The first-order chi connectivity index (χ1) is 7.28. The first-order valence-electron chi connectivity index (χ1n) is 5.80. The Hall–Kier alpha value is -0.860. The molecule has 0 radical (unpaired) electrons. The van der Waals surface area contributed by atoms with E-state index in [2.05, 4.69) is 35.2 Å². The summed E-state index contributed by atoms with van der Waals surface area (Å²) in [5.74, 6) is 0. The molecule has 80 valence electrons. The standard InChI is InChI=1S/C13H18N2/c14-12-9-15(10-13(12)6-7-13)8-11-4-2-1-3-5-11/h1-5,12H,6-10,14H2/t12-/m0/s1. The van der Waals surface area contributed by atoms with Crippen molar-refractivity contribution in [3.05, 3.63) is 35.9 Å². The second-order valence-corrected chi connectivity index (χ2v) is 5.12. The number of hydrogen-bond donors (Lipinski definition) is 1. The molecule has 2 aliphatic rings. The number of benzene rings is 1. The van der Waals surface area contributed by atoms with E-state index in [-0.39, 0.29) is 0 Å². The Morgan fingerprint density at radius 1 is 1.27 bits per heavy atom. The SMILES string of the molecule is N[C@H]1CN(Cc2ccccc2)CC12CC2. The summed E-state index contributed by atoms with van der Waals surface area (Å²) in [4.78, 5) is 2.51. The highest BCUT2D eigenvalue weighted by Crippen LogP contribution is 2.52. The summed E-state index contributed by atoms with van der Waals surface area (Å²) in [6, 6.07) is 11.1. The molecule has 1 aromatic carbocycles. The zero-order chi connectivity index (χ0) is 10.3. The van der Waals surface area contributed by atoms with E-state index in [1.807, 2.05) is 0 Å². The second kappa shape index (κ2) is 3.32. The normalized spacial score (nSPS) is 28.5. The highest BCUT2D eigenvalue weighted by Gasteiger charge is 2.53. The maximum Gasteiger partial charge on any atom is 0.0237 e. The molecule has 1 aromatic rings. The van der Waals surface area contributed by atoms with Crippen LogP contribution in [0, 0.1) is 5.41 Å². The highest BCUT2D eigenvalue weighted by molar-refractivity contribution is 5.16. The molecule has 0 amide bonds. The van der Waals surface area contributed by atoms with Crippen molar-refractivity contribution in [1.29, 1.82) is 0 Å². The van der Waals surface area contributed by atoms with Gasteiger partial charge in [-0.05, 0) is 23.8 Å². The minimum Gasteiger partial charge on any atom is -0.326 e. The van der Waals surface area contributed by atoms with Crippen LogP contribution in [0.1, 0.15) is 18.4 Å². The van der Waals surface area contributed by atoms with Crippen LogP contribution >= 0.6 is 0 Å². The van der Waals surface area contributed by atoms with E-state index in [0.29, 0.717) is 11.5 Å². The Labute approximate surface area is 91.1 Å². The van der Waals surface area contributed by atoms with Crippen LogP contribution in [0.4, 0.5) is 0 Å². The molecular formula is C13H18N2. The quantitative estimate of drug-likeness (QED) is 0.789. The Balaban J connectivity index is 1.66. The molecule has 0 bridgehead atoms. The fourth-order valence-electron chi connectivity index (χ4n) is 2.75. The molecule has 1 spiro atoms. The van der Waals surface area contributed by atoms with E-state index in [0.717, 1.165) is 13.1 Å². The van der Waals surface area contributed by atoms with Crippen molar-refractivity contribution >= 4 is 0 Å². The van der Waals surface area contributed by atoms with Gasteiger partial charge in [-0.25, -0.2) is 0 Å². The molecule has 2 N–H and O–H groups in total. The van der Waals surface area contributed by atoms with Gasteiger partial charge in [-0.1, -0.05) is 30.3 Å². The van der Waals surface area contributed by atoms with E-state index >= 15 is 0 Å². The third-order valence-electron chi connectivity index (χ3n) is 3.92. The molecular weight excluding hydrogens is 184 g/mol. The van der Waals surface area contributed by atoms with E-state index in [1.54, 1.807) is 0 Å². The zero-order valence-electron chi connectivity index (χ0n) is 9.02. The average molecular weight is 202 g/mol. The Bertz CT molecular complexity index is 343. The highest BCUT2D eigenvalue weighted by atomic mass is 15.2. The third-order valence-corrected chi connectivity index (χ3v) is 3.92. The molecule has 1 heterocycles. The number of likely N-dealkylation sites (tertiary alicyclic amines) is 1. The van der Waals surface area contributed by atoms with Crippen molar-refractivity contribution in [1.82, 2.24) is 4.90 Å².